The number of aromatic nitrogens is 3. The standard InChI is InChI=1S/C10H10ClN3O/c11-10-12-9-4-3-7(6-14(9)13-10)8-2-1-5-15-8/h3-4,6,8H,1-2,5H2. The lowest BCUT2D eigenvalue weighted by molar-refractivity contribution is 0.111. The van der Waals surface area contributed by atoms with Crippen LogP contribution >= 0.6 is 11.6 Å². The molecule has 4 nitrogen and oxygen atoms in total. The van der Waals surface area contributed by atoms with Gasteiger partial charge in [0.15, 0.2) is 5.65 Å². The van der Waals surface area contributed by atoms with Crippen LogP contribution in [0.25, 0.3) is 5.65 Å². The van der Waals surface area contributed by atoms with Crippen LogP contribution in [0.5, 0.6) is 0 Å². The number of halogens is 1. The van der Waals surface area contributed by atoms with Crippen LogP contribution in [0.2, 0.25) is 5.28 Å². The van der Waals surface area contributed by atoms with Crippen molar-refractivity contribution in [3.05, 3.63) is 29.2 Å². The Hall–Kier alpha value is -1.13. The average molecular weight is 224 g/mol. The Morgan fingerprint density at radius 3 is 3.20 bits per heavy atom. The first kappa shape index (κ1) is 9.12. The fourth-order valence-corrected chi connectivity index (χ4v) is 2.07. The van der Waals surface area contributed by atoms with Gasteiger partial charge in [-0.3, -0.25) is 0 Å². The van der Waals surface area contributed by atoms with E-state index in [-0.39, 0.29) is 11.4 Å². The largest absolute Gasteiger partial charge is 0.373 e. The summed E-state index contributed by atoms with van der Waals surface area (Å²) >= 11 is 5.72. The summed E-state index contributed by atoms with van der Waals surface area (Å²) in [5.41, 5.74) is 1.91. The van der Waals surface area contributed by atoms with Gasteiger partial charge in [-0.1, -0.05) is 6.07 Å². The molecular formula is C10H10ClN3O. The molecular weight excluding hydrogens is 214 g/mol. The topological polar surface area (TPSA) is 39.4 Å². The van der Waals surface area contributed by atoms with Crippen molar-refractivity contribution < 1.29 is 4.74 Å². The highest BCUT2D eigenvalue weighted by Gasteiger charge is 2.18. The van der Waals surface area contributed by atoms with Crippen molar-refractivity contribution in [1.82, 2.24) is 14.6 Å². The first-order valence-electron chi connectivity index (χ1n) is 4.96. The van der Waals surface area contributed by atoms with Gasteiger partial charge in [-0.05, 0) is 36.1 Å². The molecule has 0 aliphatic carbocycles. The van der Waals surface area contributed by atoms with E-state index in [1.54, 1.807) is 4.52 Å². The van der Waals surface area contributed by atoms with Gasteiger partial charge in [0.1, 0.15) is 0 Å². The predicted octanol–water partition coefficient (Wildman–Crippen LogP) is 2.23. The molecule has 1 saturated heterocycles. The summed E-state index contributed by atoms with van der Waals surface area (Å²) in [5, 5.41) is 4.34. The van der Waals surface area contributed by atoms with Gasteiger partial charge in [0.05, 0.1) is 6.10 Å². The van der Waals surface area contributed by atoms with E-state index in [0.29, 0.717) is 0 Å². The fraction of sp³-hybridized carbons (Fsp3) is 0.400. The van der Waals surface area contributed by atoms with Crippen LogP contribution in [-0.2, 0) is 4.74 Å². The van der Waals surface area contributed by atoms with Gasteiger partial charge in [0.25, 0.3) is 0 Å². The number of nitrogens with zero attached hydrogens (tertiary/aromatic N) is 3. The van der Waals surface area contributed by atoms with Crippen LogP contribution in [0.3, 0.4) is 0 Å². The molecule has 2 aromatic heterocycles. The van der Waals surface area contributed by atoms with Crippen LogP contribution in [-0.4, -0.2) is 21.2 Å². The second-order valence-electron chi connectivity index (χ2n) is 3.65. The molecule has 1 fully saturated rings. The molecule has 1 aliphatic heterocycles. The van der Waals surface area contributed by atoms with Gasteiger partial charge in [0.2, 0.25) is 5.28 Å². The lowest BCUT2D eigenvalue weighted by Gasteiger charge is -2.08. The van der Waals surface area contributed by atoms with E-state index in [4.69, 9.17) is 16.3 Å². The highest BCUT2D eigenvalue weighted by molar-refractivity contribution is 6.28. The maximum atomic E-state index is 5.72. The van der Waals surface area contributed by atoms with E-state index in [1.165, 1.54) is 0 Å². The molecule has 0 N–H and O–H groups in total. The summed E-state index contributed by atoms with van der Waals surface area (Å²) in [6.45, 7) is 0.848. The third-order valence-corrected chi connectivity index (χ3v) is 2.79. The first-order chi connectivity index (χ1) is 7.33. The number of pyridine rings is 1. The molecule has 3 heterocycles. The Bertz CT molecular complexity index is 490. The van der Waals surface area contributed by atoms with E-state index in [2.05, 4.69) is 10.1 Å². The second-order valence-corrected chi connectivity index (χ2v) is 3.99. The zero-order valence-electron chi connectivity index (χ0n) is 8.06. The highest BCUT2D eigenvalue weighted by Crippen LogP contribution is 2.28. The van der Waals surface area contributed by atoms with E-state index in [1.807, 2.05) is 18.3 Å². The molecule has 3 rings (SSSR count). The summed E-state index contributed by atoms with van der Waals surface area (Å²) in [5.74, 6) is 0. The van der Waals surface area contributed by atoms with Crippen LogP contribution in [0, 0.1) is 0 Å². The summed E-state index contributed by atoms with van der Waals surface area (Å²) in [6, 6.07) is 3.94. The normalized spacial score (nSPS) is 21.3. The minimum absolute atomic E-state index is 0.206. The minimum Gasteiger partial charge on any atom is -0.373 e. The van der Waals surface area contributed by atoms with Crippen molar-refractivity contribution >= 4 is 17.2 Å². The Labute approximate surface area is 91.8 Å². The lowest BCUT2D eigenvalue weighted by Crippen LogP contribution is -1.98. The van der Waals surface area contributed by atoms with E-state index in [0.717, 1.165) is 30.7 Å². The Morgan fingerprint density at radius 1 is 1.47 bits per heavy atom. The molecule has 78 valence electrons. The van der Waals surface area contributed by atoms with Gasteiger partial charge >= 0.3 is 0 Å². The van der Waals surface area contributed by atoms with Crippen molar-refractivity contribution in [2.75, 3.05) is 6.61 Å². The average Bonchev–Trinajstić information content (AvgIpc) is 2.82. The minimum atomic E-state index is 0.206. The van der Waals surface area contributed by atoms with Crippen LogP contribution in [0.4, 0.5) is 0 Å². The molecule has 0 spiro atoms. The van der Waals surface area contributed by atoms with Gasteiger partial charge in [-0.25, -0.2) is 4.52 Å². The van der Waals surface area contributed by atoms with Crippen LogP contribution in [0.15, 0.2) is 18.3 Å². The summed E-state index contributed by atoms with van der Waals surface area (Å²) in [7, 11) is 0. The maximum Gasteiger partial charge on any atom is 0.243 e. The molecule has 1 atom stereocenters. The smallest absolute Gasteiger partial charge is 0.243 e. The third-order valence-electron chi connectivity index (χ3n) is 2.63. The molecule has 1 aliphatic rings. The molecule has 5 heteroatoms. The zero-order valence-corrected chi connectivity index (χ0v) is 8.81. The van der Waals surface area contributed by atoms with Crippen molar-refractivity contribution in [3.63, 3.8) is 0 Å². The summed E-state index contributed by atoms with van der Waals surface area (Å²) < 4.78 is 7.29. The van der Waals surface area contributed by atoms with E-state index < -0.39 is 0 Å². The van der Waals surface area contributed by atoms with Crippen molar-refractivity contribution in [2.24, 2.45) is 0 Å². The molecule has 0 saturated carbocycles. The van der Waals surface area contributed by atoms with Crippen LogP contribution < -0.4 is 0 Å². The molecule has 1 unspecified atom stereocenters. The Morgan fingerprint density at radius 2 is 2.40 bits per heavy atom. The number of ether oxygens (including phenoxy) is 1. The lowest BCUT2D eigenvalue weighted by atomic mass is 10.1. The molecule has 0 bridgehead atoms. The molecule has 0 aromatic carbocycles. The van der Waals surface area contributed by atoms with Gasteiger partial charge < -0.3 is 4.74 Å². The first-order valence-corrected chi connectivity index (χ1v) is 5.34. The molecule has 15 heavy (non-hydrogen) atoms. The van der Waals surface area contributed by atoms with Gasteiger partial charge in [-0.2, -0.15) is 4.98 Å². The third kappa shape index (κ3) is 1.60. The number of rotatable bonds is 1. The van der Waals surface area contributed by atoms with Crippen LogP contribution in [0.1, 0.15) is 24.5 Å². The SMILES string of the molecule is Clc1nc2ccc(C3CCCO3)cn2n1. The van der Waals surface area contributed by atoms with Crippen molar-refractivity contribution in [2.45, 2.75) is 18.9 Å². The number of fused-ring (bicyclic) bond motifs is 1. The van der Waals surface area contributed by atoms with E-state index in [9.17, 15) is 0 Å². The number of hydrogen-bond acceptors (Lipinski definition) is 3. The van der Waals surface area contributed by atoms with Gasteiger partial charge in [-0.15, -0.1) is 5.10 Å². The summed E-state index contributed by atoms with van der Waals surface area (Å²) in [6.07, 6.45) is 4.34. The van der Waals surface area contributed by atoms with E-state index >= 15 is 0 Å². The molecule has 0 amide bonds. The number of hydrogen-bond donors (Lipinski definition) is 0. The molecule has 2 aromatic rings. The Kier molecular flexibility index (Phi) is 2.11. The zero-order chi connectivity index (χ0) is 10.3. The predicted molar refractivity (Wildman–Crippen MR) is 55.9 cm³/mol. The van der Waals surface area contributed by atoms with Crippen molar-refractivity contribution in [1.29, 1.82) is 0 Å². The molecule has 0 radical (unpaired) electrons. The Balaban J connectivity index is 2.04. The fourth-order valence-electron chi connectivity index (χ4n) is 1.90. The van der Waals surface area contributed by atoms with Crippen molar-refractivity contribution in [3.8, 4) is 0 Å². The summed E-state index contributed by atoms with van der Waals surface area (Å²) in [4.78, 5) is 4.06. The quantitative estimate of drug-likeness (QED) is 0.744. The van der Waals surface area contributed by atoms with Gasteiger partial charge in [0, 0.05) is 12.8 Å². The highest BCUT2D eigenvalue weighted by atomic mass is 35.5. The second kappa shape index (κ2) is 3.47. The maximum absolute atomic E-state index is 5.72. The monoisotopic (exact) mass is 223 g/mol.